The van der Waals surface area contributed by atoms with Crippen LogP contribution in [-0.4, -0.2) is 30.8 Å². The molecule has 0 saturated heterocycles. The van der Waals surface area contributed by atoms with Crippen molar-refractivity contribution in [1.29, 1.82) is 0 Å². The van der Waals surface area contributed by atoms with Crippen LogP contribution in [0.1, 0.15) is 22.8 Å². The molecular weight excluding hydrogens is 299 g/mol. The van der Waals surface area contributed by atoms with Crippen molar-refractivity contribution < 1.29 is 21.2 Å². The lowest BCUT2D eigenvalue weighted by atomic mass is 10.3. The van der Waals surface area contributed by atoms with Crippen molar-refractivity contribution in [3.63, 3.8) is 0 Å². The Morgan fingerprint density at radius 3 is 2.57 bits per heavy atom. The van der Waals surface area contributed by atoms with Crippen molar-refractivity contribution in [1.82, 2.24) is 10.1 Å². The van der Waals surface area contributed by atoms with Crippen LogP contribution < -0.4 is 0 Å². The number of rotatable bonds is 7. The van der Waals surface area contributed by atoms with Crippen molar-refractivity contribution in [3.8, 4) is 0 Å². The predicted octanol–water partition coefficient (Wildman–Crippen LogP) is 2.19. The van der Waals surface area contributed by atoms with Gasteiger partial charge >= 0.3 is 10.2 Å². The van der Waals surface area contributed by atoms with Crippen molar-refractivity contribution in [2.45, 2.75) is 26.9 Å². The second kappa shape index (κ2) is 6.40. The van der Waals surface area contributed by atoms with E-state index >= 15 is 0 Å². The summed E-state index contributed by atoms with van der Waals surface area (Å²) in [7, 11) is -4.51. The summed E-state index contributed by atoms with van der Waals surface area (Å²) < 4.78 is 44.4. The van der Waals surface area contributed by atoms with Crippen LogP contribution in [0.2, 0.25) is 0 Å². The zero-order valence-corrected chi connectivity index (χ0v) is 12.7. The summed E-state index contributed by atoms with van der Waals surface area (Å²) in [5, 5.41) is 3.86. The second-order valence-electron chi connectivity index (χ2n) is 4.97. The summed E-state index contributed by atoms with van der Waals surface area (Å²) in [5.41, 5.74) is 1.63. The number of hydrogen-bond donors (Lipinski definition) is 0. The van der Waals surface area contributed by atoms with Crippen LogP contribution in [0.5, 0.6) is 0 Å². The molecule has 2 aromatic heterocycles. The number of aryl methyl sites for hydroxylation is 2. The van der Waals surface area contributed by atoms with Crippen LogP contribution in [0, 0.1) is 13.8 Å². The third-order valence-corrected chi connectivity index (χ3v) is 3.55. The van der Waals surface area contributed by atoms with Gasteiger partial charge in [0.05, 0.1) is 24.3 Å². The smallest absolute Gasteiger partial charge is 0.303 e. The fourth-order valence-corrected chi connectivity index (χ4v) is 2.44. The monoisotopic (exact) mass is 316 g/mol. The number of halogens is 1. The average Bonchev–Trinajstić information content (AvgIpc) is 2.95. The standard InChI is InChI=1S/C13H17FN2O4S/c1-10-5-13(19-9-10)8-16(3-4-21(14,17)18)7-12-6-11(2)20-15-12/h5-6,9H,3-4,7-8H2,1-2H3. The predicted molar refractivity (Wildman–Crippen MR) is 73.7 cm³/mol. The molecule has 0 atom stereocenters. The maximum atomic E-state index is 12.7. The Morgan fingerprint density at radius 1 is 1.29 bits per heavy atom. The molecule has 0 spiro atoms. The van der Waals surface area contributed by atoms with Gasteiger partial charge in [-0.15, -0.1) is 3.89 Å². The first kappa shape index (κ1) is 15.7. The first-order valence-corrected chi connectivity index (χ1v) is 7.98. The highest BCUT2D eigenvalue weighted by Gasteiger charge is 2.16. The maximum Gasteiger partial charge on any atom is 0.303 e. The first-order valence-electron chi connectivity index (χ1n) is 6.43. The molecule has 0 aromatic carbocycles. The van der Waals surface area contributed by atoms with Crippen LogP contribution >= 0.6 is 0 Å². The molecule has 0 aliphatic rings. The van der Waals surface area contributed by atoms with Gasteiger partial charge in [0.1, 0.15) is 11.5 Å². The zero-order chi connectivity index (χ0) is 15.5. The molecule has 0 unspecified atom stereocenters. The van der Waals surface area contributed by atoms with Gasteiger partial charge < -0.3 is 8.94 Å². The van der Waals surface area contributed by atoms with Gasteiger partial charge in [-0.3, -0.25) is 4.90 Å². The molecular formula is C13H17FN2O4S. The molecule has 0 fully saturated rings. The minimum atomic E-state index is -4.51. The number of hydrogen-bond acceptors (Lipinski definition) is 6. The van der Waals surface area contributed by atoms with E-state index in [-0.39, 0.29) is 6.54 Å². The summed E-state index contributed by atoms with van der Waals surface area (Å²) in [5.74, 6) is 0.782. The number of nitrogens with zero attached hydrogens (tertiary/aromatic N) is 2. The van der Waals surface area contributed by atoms with E-state index in [2.05, 4.69) is 5.16 Å². The van der Waals surface area contributed by atoms with Gasteiger partial charge in [-0.1, -0.05) is 5.16 Å². The largest absolute Gasteiger partial charge is 0.468 e. The van der Waals surface area contributed by atoms with E-state index in [0.29, 0.717) is 30.3 Å². The molecule has 0 aliphatic carbocycles. The van der Waals surface area contributed by atoms with Crippen LogP contribution in [0.3, 0.4) is 0 Å². The number of aromatic nitrogens is 1. The molecule has 0 aliphatic heterocycles. The summed E-state index contributed by atoms with van der Waals surface area (Å²) >= 11 is 0. The molecule has 0 N–H and O–H groups in total. The van der Waals surface area contributed by atoms with E-state index in [0.717, 1.165) is 5.56 Å². The van der Waals surface area contributed by atoms with Gasteiger partial charge in [0.25, 0.3) is 0 Å². The Hall–Kier alpha value is -1.67. The van der Waals surface area contributed by atoms with Crippen molar-refractivity contribution in [3.05, 3.63) is 41.2 Å². The molecule has 0 bridgehead atoms. The van der Waals surface area contributed by atoms with Gasteiger partial charge in [0.2, 0.25) is 0 Å². The molecule has 0 saturated carbocycles. The van der Waals surface area contributed by atoms with E-state index in [9.17, 15) is 12.3 Å². The van der Waals surface area contributed by atoms with Crippen LogP contribution in [-0.2, 0) is 23.3 Å². The molecule has 0 radical (unpaired) electrons. The van der Waals surface area contributed by atoms with Gasteiger partial charge in [0, 0.05) is 19.2 Å². The van der Waals surface area contributed by atoms with E-state index in [4.69, 9.17) is 8.94 Å². The Bertz CT molecular complexity index is 650. The highest BCUT2D eigenvalue weighted by atomic mass is 32.3. The quantitative estimate of drug-likeness (QED) is 0.729. The zero-order valence-electron chi connectivity index (χ0n) is 11.9. The highest BCUT2D eigenvalue weighted by molar-refractivity contribution is 7.86. The van der Waals surface area contributed by atoms with Gasteiger partial charge in [0.15, 0.2) is 0 Å². The van der Waals surface area contributed by atoms with E-state index < -0.39 is 16.0 Å². The van der Waals surface area contributed by atoms with Gasteiger partial charge in [-0.2, -0.15) is 8.42 Å². The van der Waals surface area contributed by atoms with Crippen molar-refractivity contribution >= 4 is 10.2 Å². The molecule has 2 heterocycles. The second-order valence-corrected chi connectivity index (χ2v) is 6.46. The molecule has 116 valence electrons. The van der Waals surface area contributed by atoms with Gasteiger partial charge in [-0.25, -0.2) is 0 Å². The van der Waals surface area contributed by atoms with E-state index in [1.807, 2.05) is 13.0 Å². The van der Waals surface area contributed by atoms with E-state index in [1.54, 1.807) is 24.2 Å². The summed E-state index contributed by atoms with van der Waals surface area (Å²) in [6.07, 6.45) is 1.61. The molecule has 0 amide bonds. The van der Waals surface area contributed by atoms with Crippen LogP contribution in [0.15, 0.2) is 27.3 Å². The molecule has 8 heteroatoms. The highest BCUT2D eigenvalue weighted by Crippen LogP contribution is 2.13. The molecule has 21 heavy (non-hydrogen) atoms. The molecule has 6 nitrogen and oxygen atoms in total. The topological polar surface area (TPSA) is 76.6 Å². The average molecular weight is 316 g/mol. The molecule has 2 rings (SSSR count). The first-order chi connectivity index (χ1) is 9.82. The Labute approximate surface area is 122 Å². The Morgan fingerprint density at radius 2 is 2.05 bits per heavy atom. The normalized spacial score (nSPS) is 12.2. The Kier molecular flexibility index (Phi) is 4.79. The lowest BCUT2D eigenvalue weighted by molar-refractivity contribution is 0.240. The lowest BCUT2D eigenvalue weighted by Crippen LogP contribution is -2.27. The van der Waals surface area contributed by atoms with Crippen molar-refractivity contribution in [2.75, 3.05) is 12.3 Å². The van der Waals surface area contributed by atoms with Crippen LogP contribution in [0.4, 0.5) is 3.89 Å². The SMILES string of the molecule is Cc1coc(CN(CCS(=O)(=O)F)Cc2cc(C)on2)c1. The third-order valence-electron chi connectivity index (χ3n) is 2.88. The molecule has 2 aromatic rings. The van der Waals surface area contributed by atoms with E-state index in [1.165, 1.54) is 0 Å². The number of furan rings is 1. The van der Waals surface area contributed by atoms with Crippen molar-refractivity contribution in [2.24, 2.45) is 0 Å². The minimum absolute atomic E-state index is 0.0461. The minimum Gasteiger partial charge on any atom is -0.468 e. The summed E-state index contributed by atoms with van der Waals surface area (Å²) in [6.45, 7) is 4.43. The third kappa shape index (κ3) is 5.31. The Balaban J connectivity index is 2.05. The van der Waals surface area contributed by atoms with Gasteiger partial charge in [-0.05, 0) is 25.5 Å². The fourth-order valence-electron chi connectivity index (χ4n) is 1.97. The maximum absolute atomic E-state index is 12.7. The van der Waals surface area contributed by atoms with Crippen LogP contribution in [0.25, 0.3) is 0 Å². The fraction of sp³-hybridized carbons (Fsp3) is 0.462. The summed E-state index contributed by atoms with van der Waals surface area (Å²) in [4.78, 5) is 1.74. The summed E-state index contributed by atoms with van der Waals surface area (Å²) in [6, 6.07) is 3.61. The lowest BCUT2D eigenvalue weighted by Gasteiger charge is -2.18.